The smallest absolute Gasteiger partial charge is 0.345 e. The van der Waals surface area contributed by atoms with Crippen molar-refractivity contribution in [1.82, 2.24) is 18.8 Å². The molecule has 1 unspecified atom stereocenters. The van der Waals surface area contributed by atoms with Crippen LogP contribution >= 0.6 is 0 Å². The van der Waals surface area contributed by atoms with Gasteiger partial charge in [0.1, 0.15) is 0 Å². The summed E-state index contributed by atoms with van der Waals surface area (Å²) in [4.78, 5) is 18.8. The lowest BCUT2D eigenvalue weighted by Crippen LogP contribution is -2.47. The minimum absolute atomic E-state index is 0.00143. The molecule has 38 heavy (non-hydrogen) atoms. The number of benzene rings is 1. The van der Waals surface area contributed by atoms with E-state index in [0.29, 0.717) is 38.5 Å². The number of amides is 1. The third kappa shape index (κ3) is 5.49. The maximum absolute atomic E-state index is 13.4. The second kappa shape index (κ2) is 10.5. The molecule has 2 aromatic heterocycles. The monoisotopic (exact) mass is 546 g/mol. The summed E-state index contributed by atoms with van der Waals surface area (Å²) in [5.74, 6) is -0.151. The zero-order valence-electron chi connectivity index (χ0n) is 20.8. The van der Waals surface area contributed by atoms with E-state index < -0.39 is 32.7 Å². The molecule has 11 heteroatoms. The first-order chi connectivity index (χ1) is 18.1. The molecule has 1 fully saturated rings. The molecule has 0 bridgehead atoms. The van der Waals surface area contributed by atoms with Crippen LogP contribution in [0.1, 0.15) is 48.2 Å². The zero-order valence-corrected chi connectivity index (χ0v) is 21.6. The maximum Gasteiger partial charge on any atom is 0.416 e. The Balaban J connectivity index is 1.28. The van der Waals surface area contributed by atoms with Crippen molar-refractivity contribution in [2.45, 2.75) is 62.3 Å². The number of piperidine rings is 1. The molecule has 2 aliphatic heterocycles. The first-order valence-corrected chi connectivity index (χ1v) is 14.1. The van der Waals surface area contributed by atoms with Crippen molar-refractivity contribution < 1.29 is 26.4 Å². The van der Waals surface area contributed by atoms with Gasteiger partial charge in [0, 0.05) is 62.3 Å². The second-order valence-corrected chi connectivity index (χ2v) is 11.7. The average molecular weight is 547 g/mol. The Bertz CT molecular complexity index is 1410. The predicted octanol–water partition coefficient (Wildman–Crippen LogP) is 4.47. The minimum atomic E-state index is -4.65. The van der Waals surface area contributed by atoms with E-state index in [-0.39, 0.29) is 18.9 Å². The largest absolute Gasteiger partial charge is 0.416 e. The van der Waals surface area contributed by atoms with Gasteiger partial charge >= 0.3 is 6.18 Å². The number of halogens is 3. The van der Waals surface area contributed by atoms with Crippen LogP contribution in [0.15, 0.2) is 65.8 Å². The van der Waals surface area contributed by atoms with Crippen LogP contribution in [0.25, 0.3) is 0 Å². The normalized spacial score (nSPS) is 18.8. The molecule has 0 radical (unpaired) electrons. The van der Waals surface area contributed by atoms with Crippen LogP contribution in [0.5, 0.6) is 0 Å². The summed E-state index contributed by atoms with van der Waals surface area (Å²) in [6.45, 7) is 1.75. The predicted molar refractivity (Wildman–Crippen MR) is 134 cm³/mol. The van der Waals surface area contributed by atoms with Crippen LogP contribution < -0.4 is 0 Å². The van der Waals surface area contributed by atoms with E-state index >= 15 is 0 Å². The fraction of sp³-hybridized carbons (Fsp3) is 0.407. The van der Waals surface area contributed by atoms with E-state index in [2.05, 4.69) is 15.6 Å². The standard InChI is InChI=1S/C27H29F3N4O3S/c28-27(29,30)21-6-3-8-25(16-21)38(36,37)34-12-2-1-7-23(34)17-26(35)32-13-14-33-22(9-10-24(33)19-32)15-20-5-4-11-31-18-20/h3-6,8-11,16,18,23H,1-2,7,12-15,17,19H2. The number of hydrogen-bond donors (Lipinski definition) is 0. The molecule has 0 spiro atoms. The Morgan fingerprint density at radius 1 is 1.03 bits per heavy atom. The quantitative estimate of drug-likeness (QED) is 0.457. The van der Waals surface area contributed by atoms with Gasteiger partial charge in [-0.3, -0.25) is 9.78 Å². The Hall–Kier alpha value is -3.18. The van der Waals surface area contributed by atoms with Crippen LogP contribution in [0.4, 0.5) is 13.2 Å². The van der Waals surface area contributed by atoms with Gasteiger partial charge < -0.3 is 9.47 Å². The van der Waals surface area contributed by atoms with E-state index in [1.54, 1.807) is 11.1 Å². The zero-order chi connectivity index (χ0) is 26.9. The molecular weight excluding hydrogens is 517 g/mol. The van der Waals surface area contributed by atoms with Crippen molar-refractivity contribution >= 4 is 15.9 Å². The van der Waals surface area contributed by atoms with Crippen LogP contribution in [-0.4, -0.2) is 52.2 Å². The first-order valence-electron chi connectivity index (χ1n) is 12.7. The fourth-order valence-electron chi connectivity index (χ4n) is 5.35. The lowest BCUT2D eigenvalue weighted by molar-refractivity contribution is -0.137. The highest BCUT2D eigenvalue weighted by molar-refractivity contribution is 7.89. The average Bonchev–Trinajstić information content (AvgIpc) is 3.31. The molecule has 202 valence electrons. The Morgan fingerprint density at radius 3 is 2.63 bits per heavy atom. The first kappa shape index (κ1) is 26.4. The summed E-state index contributed by atoms with van der Waals surface area (Å²) in [7, 11) is -4.19. The summed E-state index contributed by atoms with van der Waals surface area (Å²) < 4.78 is 69.8. The van der Waals surface area contributed by atoms with Crippen LogP contribution in [0.3, 0.4) is 0 Å². The van der Waals surface area contributed by atoms with Crippen molar-refractivity contribution in [1.29, 1.82) is 0 Å². The molecule has 3 aromatic rings. The van der Waals surface area contributed by atoms with Gasteiger partial charge in [-0.25, -0.2) is 8.42 Å². The summed E-state index contributed by atoms with van der Waals surface area (Å²) in [6, 6.07) is 11.2. The number of carbonyl (C=O) groups is 1. The number of pyridine rings is 1. The minimum Gasteiger partial charge on any atom is -0.345 e. The summed E-state index contributed by atoms with van der Waals surface area (Å²) in [5.41, 5.74) is 2.25. The van der Waals surface area contributed by atoms with E-state index in [4.69, 9.17) is 0 Å². The molecule has 1 amide bonds. The Morgan fingerprint density at radius 2 is 1.87 bits per heavy atom. The highest BCUT2D eigenvalue weighted by Gasteiger charge is 2.38. The van der Waals surface area contributed by atoms with E-state index in [1.807, 2.05) is 24.4 Å². The van der Waals surface area contributed by atoms with E-state index in [1.165, 1.54) is 10.4 Å². The summed E-state index contributed by atoms with van der Waals surface area (Å²) in [6.07, 6.45) is 1.51. The number of carbonyl (C=O) groups excluding carboxylic acids is 1. The number of nitrogens with zero attached hydrogens (tertiary/aromatic N) is 4. The van der Waals surface area contributed by atoms with Gasteiger partial charge in [0.15, 0.2) is 0 Å². The van der Waals surface area contributed by atoms with Gasteiger partial charge in [-0.1, -0.05) is 18.6 Å². The lowest BCUT2D eigenvalue weighted by Gasteiger charge is -2.36. The summed E-state index contributed by atoms with van der Waals surface area (Å²) >= 11 is 0. The molecule has 2 aliphatic rings. The highest BCUT2D eigenvalue weighted by Crippen LogP contribution is 2.33. The molecule has 4 heterocycles. The molecule has 0 N–H and O–H groups in total. The summed E-state index contributed by atoms with van der Waals surface area (Å²) in [5, 5.41) is 0. The van der Waals surface area contributed by atoms with Crippen molar-refractivity contribution in [3.63, 3.8) is 0 Å². The SMILES string of the molecule is O=C(CC1CCCCN1S(=O)(=O)c1cccc(C(F)(F)F)c1)N1CCn2c(Cc3cccnc3)ccc2C1. The van der Waals surface area contributed by atoms with Gasteiger partial charge in [0.25, 0.3) is 0 Å². The lowest BCUT2D eigenvalue weighted by atomic mass is 10.0. The number of sulfonamides is 1. The van der Waals surface area contributed by atoms with E-state index in [0.717, 1.165) is 41.9 Å². The Labute approximate surface area is 219 Å². The van der Waals surface area contributed by atoms with Gasteiger partial charge in [-0.05, 0) is 54.8 Å². The highest BCUT2D eigenvalue weighted by atomic mass is 32.2. The molecule has 5 rings (SSSR count). The fourth-order valence-corrected chi connectivity index (χ4v) is 7.09. The molecular formula is C27H29F3N4O3S. The molecule has 1 aromatic carbocycles. The topological polar surface area (TPSA) is 75.5 Å². The van der Waals surface area contributed by atoms with Crippen molar-refractivity contribution in [2.75, 3.05) is 13.1 Å². The van der Waals surface area contributed by atoms with Gasteiger partial charge in [-0.15, -0.1) is 0 Å². The van der Waals surface area contributed by atoms with Crippen LogP contribution in [0, 0.1) is 0 Å². The number of rotatable bonds is 6. The van der Waals surface area contributed by atoms with Crippen molar-refractivity contribution in [3.05, 3.63) is 83.4 Å². The molecule has 0 aliphatic carbocycles. The number of hydrogen-bond acceptors (Lipinski definition) is 4. The maximum atomic E-state index is 13.4. The molecule has 7 nitrogen and oxygen atoms in total. The van der Waals surface area contributed by atoms with Gasteiger partial charge in [-0.2, -0.15) is 17.5 Å². The van der Waals surface area contributed by atoms with Crippen molar-refractivity contribution in [2.24, 2.45) is 0 Å². The number of aromatic nitrogens is 2. The molecule has 1 saturated heterocycles. The number of fused-ring (bicyclic) bond motifs is 1. The van der Waals surface area contributed by atoms with Crippen LogP contribution in [0.2, 0.25) is 0 Å². The third-order valence-corrected chi connectivity index (χ3v) is 9.27. The third-order valence-electron chi connectivity index (χ3n) is 7.32. The van der Waals surface area contributed by atoms with Crippen LogP contribution in [-0.2, 0) is 40.5 Å². The van der Waals surface area contributed by atoms with Crippen molar-refractivity contribution in [3.8, 4) is 0 Å². The molecule has 0 saturated carbocycles. The van der Waals surface area contributed by atoms with E-state index in [9.17, 15) is 26.4 Å². The van der Waals surface area contributed by atoms with Gasteiger partial charge in [0.2, 0.25) is 15.9 Å². The second-order valence-electron chi connectivity index (χ2n) is 9.82. The number of alkyl halides is 3. The molecule has 1 atom stereocenters. The Kier molecular flexibility index (Phi) is 7.32. The van der Waals surface area contributed by atoms with Gasteiger partial charge in [0.05, 0.1) is 17.0 Å².